The van der Waals surface area contributed by atoms with Crippen molar-refractivity contribution in [1.82, 2.24) is 34.7 Å². The van der Waals surface area contributed by atoms with Gasteiger partial charge in [0.15, 0.2) is 5.69 Å². The Balaban J connectivity index is 1.84. The van der Waals surface area contributed by atoms with Gasteiger partial charge in [0.05, 0.1) is 28.3 Å². The van der Waals surface area contributed by atoms with Crippen molar-refractivity contribution in [2.24, 2.45) is 14.1 Å². The number of carboxylic acid groups (broad SMARTS) is 1. The summed E-state index contributed by atoms with van der Waals surface area (Å²) < 4.78 is 43.9. The molecule has 0 bridgehead atoms. The number of anilines is 1. The molecular weight excluding hydrogens is 513 g/mol. The Morgan fingerprint density at radius 1 is 1.13 bits per heavy atom. The molecule has 10 nitrogen and oxygen atoms in total. The Hall–Kier alpha value is -4.29. The SMILES string of the molecule is Cc1cccnc1C(CCC(F)(F)F)C1(C)Nc2c(-c3c(C)nnn3C)ccnc2-c2c1c(C(=O)O)nn2C. The van der Waals surface area contributed by atoms with Gasteiger partial charge in [0.25, 0.3) is 0 Å². The maximum absolute atomic E-state index is 13.6. The number of fused-ring (bicyclic) bond motifs is 3. The highest BCUT2D eigenvalue weighted by molar-refractivity contribution is 5.96. The number of nitrogens with zero attached hydrogens (tertiary/aromatic N) is 7. The van der Waals surface area contributed by atoms with Crippen molar-refractivity contribution < 1.29 is 23.1 Å². The van der Waals surface area contributed by atoms with Crippen LogP contribution in [0.3, 0.4) is 0 Å². The first-order chi connectivity index (χ1) is 18.3. The van der Waals surface area contributed by atoms with Gasteiger partial charge in [-0.1, -0.05) is 11.3 Å². The van der Waals surface area contributed by atoms with Gasteiger partial charge in [0.1, 0.15) is 5.69 Å². The molecule has 5 rings (SSSR count). The zero-order valence-electron chi connectivity index (χ0n) is 22.0. The molecule has 1 aliphatic heterocycles. The lowest BCUT2D eigenvalue weighted by molar-refractivity contribution is -0.137. The van der Waals surface area contributed by atoms with Gasteiger partial charge in [-0.25, -0.2) is 9.48 Å². The lowest BCUT2D eigenvalue weighted by Gasteiger charge is -2.43. The van der Waals surface area contributed by atoms with E-state index in [0.717, 1.165) is 0 Å². The number of alkyl halides is 3. The van der Waals surface area contributed by atoms with Crippen LogP contribution < -0.4 is 5.32 Å². The normalized spacial score (nSPS) is 17.3. The van der Waals surface area contributed by atoms with E-state index >= 15 is 0 Å². The van der Waals surface area contributed by atoms with Crippen LogP contribution in [0.15, 0.2) is 30.6 Å². The van der Waals surface area contributed by atoms with Crippen molar-refractivity contribution in [2.75, 3.05) is 5.32 Å². The predicted molar refractivity (Wildman–Crippen MR) is 136 cm³/mol. The maximum Gasteiger partial charge on any atom is 0.389 e. The van der Waals surface area contributed by atoms with Crippen molar-refractivity contribution in [1.29, 1.82) is 0 Å². The van der Waals surface area contributed by atoms with Gasteiger partial charge >= 0.3 is 12.1 Å². The summed E-state index contributed by atoms with van der Waals surface area (Å²) in [5.74, 6) is -2.17. The van der Waals surface area contributed by atoms with Crippen LogP contribution in [0.5, 0.6) is 0 Å². The Labute approximate surface area is 221 Å². The Kier molecular flexibility index (Phi) is 6.19. The minimum absolute atomic E-state index is 0.256. The summed E-state index contributed by atoms with van der Waals surface area (Å²) in [6.45, 7) is 5.30. The standard InChI is InChI=1S/C26H27F3N8O2/c1-13-7-6-11-30-18(13)16(8-10-26(27,28)29)25(3)17-20(24(38)39)34-36(4)23(17)21-19(32-25)15(9-12-31-21)22-14(2)33-35-37(22)5/h6-7,9,11-12,16,32H,8,10H2,1-5H3,(H,38,39). The molecular formula is C26H27F3N8O2. The number of aromatic carboxylic acids is 1. The largest absolute Gasteiger partial charge is 0.476 e. The van der Waals surface area contributed by atoms with Crippen molar-refractivity contribution in [3.05, 3.63) is 58.8 Å². The number of aromatic nitrogens is 7. The molecule has 2 unspecified atom stereocenters. The van der Waals surface area contributed by atoms with E-state index in [2.05, 4.69) is 30.7 Å². The molecule has 2 atom stereocenters. The fourth-order valence-corrected chi connectivity index (χ4v) is 5.69. The van der Waals surface area contributed by atoms with Crippen LogP contribution in [-0.4, -0.2) is 52.0 Å². The van der Waals surface area contributed by atoms with E-state index in [1.807, 2.05) is 0 Å². The van der Waals surface area contributed by atoms with Crippen molar-refractivity contribution in [3.63, 3.8) is 0 Å². The summed E-state index contributed by atoms with van der Waals surface area (Å²) in [5, 5.41) is 26.1. The number of nitrogens with one attached hydrogen (secondary N) is 1. The number of hydrogen-bond acceptors (Lipinski definition) is 7. The highest BCUT2D eigenvalue weighted by atomic mass is 19.4. The molecule has 0 saturated carbocycles. The van der Waals surface area contributed by atoms with Gasteiger partial charge in [-0.3, -0.25) is 14.6 Å². The molecule has 0 spiro atoms. The lowest BCUT2D eigenvalue weighted by atomic mass is 9.71. The minimum atomic E-state index is -4.43. The molecule has 1 aliphatic rings. The van der Waals surface area contributed by atoms with Crippen molar-refractivity contribution in [3.8, 4) is 22.6 Å². The third-order valence-corrected chi connectivity index (χ3v) is 7.37. The molecule has 13 heteroatoms. The number of hydrogen-bond donors (Lipinski definition) is 2. The smallest absolute Gasteiger partial charge is 0.389 e. The van der Waals surface area contributed by atoms with E-state index in [0.29, 0.717) is 45.3 Å². The summed E-state index contributed by atoms with van der Waals surface area (Å²) in [4.78, 5) is 21.5. The van der Waals surface area contributed by atoms with E-state index < -0.39 is 30.0 Å². The third-order valence-electron chi connectivity index (χ3n) is 7.37. The average Bonchev–Trinajstić information content (AvgIpc) is 3.39. The maximum atomic E-state index is 13.6. The second-order valence-electron chi connectivity index (χ2n) is 9.97. The zero-order chi connectivity index (χ0) is 28.3. The van der Waals surface area contributed by atoms with Gasteiger partial charge in [-0.15, -0.1) is 5.10 Å². The molecule has 39 heavy (non-hydrogen) atoms. The summed E-state index contributed by atoms with van der Waals surface area (Å²) in [6, 6.07) is 5.26. The number of halogens is 3. The molecule has 4 aromatic heterocycles. The number of carboxylic acids is 1. The Bertz CT molecular complexity index is 1570. The van der Waals surface area contributed by atoms with E-state index in [-0.39, 0.29) is 17.7 Å². The van der Waals surface area contributed by atoms with Crippen LogP contribution in [-0.2, 0) is 19.6 Å². The van der Waals surface area contributed by atoms with Crippen LogP contribution in [0.25, 0.3) is 22.6 Å². The molecule has 2 N–H and O–H groups in total. The fourth-order valence-electron chi connectivity index (χ4n) is 5.69. The van der Waals surface area contributed by atoms with E-state index in [1.165, 1.54) is 10.9 Å². The van der Waals surface area contributed by atoms with E-state index in [4.69, 9.17) is 0 Å². The van der Waals surface area contributed by atoms with Crippen LogP contribution in [0.4, 0.5) is 18.9 Å². The van der Waals surface area contributed by atoms with Gasteiger partial charge in [0, 0.05) is 55.6 Å². The number of carbonyl (C=O) groups is 1. The van der Waals surface area contributed by atoms with Crippen LogP contribution >= 0.6 is 0 Å². The second-order valence-corrected chi connectivity index (χ2v) is 9.97. The number of pyridine rings is 2. The van der Waals surface area contributed by atoms with Crippen molar-refractivity contribution in [2.45, 2.75) is 51.2 Å². The molecule has 0 aliphatic carbocycles. The Morgan fingerprint density at radius 3 is 2.49 bits per heavy atom. The summed E-state index contributed by atoms with van der Waals surface area (Å²) in [6.07, 6.45) is -2.73. The predicted octanol–water partition coefficient (Wildman–Crippen LogP) is 4.75. The molecule has 0 fully saturated rings. The van der Waals surface area contributed by atoms with Crippen LogP contribution in [0, 0.1) is 13.8 Å². The van der Waals surface area contributed by atoms with Gasteiger partial charge in [-0.05, 0) is 44.9 Å². The molecule has 204 valence electrons. The first-order valence-corrected chi connectivity index (χ1v) is 12.3. The summed E-state index contributed by atoms with van der Waals surface area (Å²) >= 11 is 0. The van der Waals surface area contributed by atoms with Gasteiger partial charge < -0.3 is 10.4 Å². The van der Waals surface area contributed by atoms with Crippen molar-refractivity contribution >= 4 is 11.7 Å². The Morgan fingerprint density at radius 2 is 1.87 bits per heavy atom. The summed E-state index contributed by atoms with van der Waals surface area (Å²) in [5.41, 5.74) is 3.12. The minimum Gasteiger partial charge on any atom is -0.476 e. The van der Waals surface area contributed by atoms with Crippen LogP contribution in [0.1, 0.15) is 58.7 Å². The summed E-state index contributed by atoms with van der Waals surface area (Å²) in [7, 11) is 3.34. The van der Waals surface area contributed by atoms with E-state index in [9.17, 15) is 23.1 Å². The molecule has 0 aromatic carbocycles. The van der Waals surface area contributed by atoms with E-state index in [1.54, 1.807) is 63.9 Å². The third kappa shape index (κ3) is 4.31. The van der Waals surface area contributed by atoms with Crippen LogP contribution in [0.2, 0.25) is 0 Å². The van der Waals surface area contributed by atoms with Gasteiger partial charge in [0.2, 0.25) is 0 Å². The number of rotatable bonds is 6. The molecule has 0 amide bonds. The lowest BCUT2D eigenvalue weighted by Crippen LogP contribution is -2.43. The molecule has 4 aromatic rings. The molecule has 0 radical (unpaired) electrons. The topological polar surface area (TPSA) is 124 Å². The monoisotopic (exact) mass is 540 g/mol. The zero-order valence-corrected chi connectivity index (χ0v) is 22.0. The second kappa shape index (κ2) is 9.17. The number of aryl methyl sites for hydroxylation is 4. The molecule has 5 heterocycles. The highest BCUT2D eigenvalue weighted by Gasteiger charge is 2.49. The fraction of sp³-hybridized carbons (Fsp3) is 0.385. The first kappa shape index (κ1) is 26.3. The molecule has 0 saturated heterocycles. The highest BCUT2D eigenvalue weighted by Crippen LogP contribution is 2.54. The first-order valence-electron chi connectivity index (χ1n) is 12.3. The quantitative estimate of drug-likeness (QED) is 0.359. The average molecular weight is 541 g/mol. The van der Waals surface area contributed by atoms with Gasteiger partial charge in [-0.2, -0.15) is 18.3 Å².